The first-order valence-electron chi connectivity index (χ1n) is 8.31. The van der Waals surface area contributed by atoms with E-state index in [9.17, 15) is 9.59 Å². The van der Waals surface area contributed by atoms with Crippen LogP contribution in [0.3, 0.4) is 0 Å². The Balaban J connectivity index is 1.47. The zero-order chi connectivity index (χ0) is 17.0. The van der Waals surface area contributed by atoms with Crippen LogP contribution in [0.5, 0.6) is 0 Å². The fourth-order valence-corrected chi connectivity index (χ4v) is 2.33. The molecule has 6 nitrogen and oxygen atoms in total. The van der Waals surface area contributed by atoms with Gasteiger partial charge in [0.2, 0.25) is 5.91 Å². The Bertz CT molecular complexity index is 611. The number of unbranched alkanes of at least 4 members (excludes halogenated alkanes) is 3. The lowest BCUT2D eigenvalue weighted by atomic mass is 10.2. The molecule has 0 bridgehead atoms. The van der Waals surface area contributed by atoms with Gasteiger partial charge in [0, 0.05) is 31.0 Å². The van der Waals surface area contributed by atoms with Crippen molar-refractivity contribution in [3.63, 3.8) is 0 Å². The average molecular weight is 328 g/mol. The molecule has 2 aromatic rings. The number of rotatable bonds is 10. The van der Waals surface area contributed by atoms with Crippen molar-refractivity contribution in [2.75, 3.05) is 13.1 Å². The van der Waals surface area contributed by atoms with E-state index in [1.807, 2.05) is 18.6 Å². The van der Waals surface area contributed by atoms with Gasteiger partial charge in [-0.2, -0.15) is 0 Å². The number of hydrogen-bond donors (Lipinski definition) is 2. The zero-order valence-electron chi connectivity index (χ0n) is 13.8. The summed E-state index contributed by atoms with van der Waals surface area (Å²) in [6.45, 7) is 1.64. The summed E-state index contributed by atoms with van der Waals surface area (Å²) in [6.07, 6.45) is 9.82. The molecule has 24 heavy (non-hydrogen) atoms. The lowest BCUT2D eigenvalue weighted by Crippen LogP contribution is -2.37. The van der Waals surface area contributed by atoms with Gasteiger partial charge >= 0.3 is 0 Å². The molecule has 1 heterocycles. The molecule has 2 N–H and O–H groups in total. The molecule has 6 heteroatoms. The van der Waals surface area contributed by atoms with E-state index in [1.54, 1.807) is 30.5 Å². The van der Waals surface area contributed by atoms with E-state index in [4.69, 9.17) is 0 Å². The molecule has 0 fully saturated rings. The Morgan fingerprint density at radius 3 is 2.54 bits per heavy atom. The SMILES string of the molecule is O=C(CNC(=O)c1ccccc1)NCCCCCCn1ccnc1. The van der Waals surface area contributed by atoms with E-state index in [-0.39, 0.29) is 18.4 Å². The first kappa shape index (κ1) is 17.7. The van der Waals surface area contributed by atoms with Crippen molar-refractivity contribution >= 4 is 11.8 Å². The highest BCUT2D eigenvalue weighted by molar-refractivity contribution is 5.96. The zero-order valence-corrected chi connectivity index (χ0v) is 13.8. The fraction of sp³-hybridized carbons (Fsp3) is 0.389. The minimum absolute atomic E-state index is 0.00829. The van der Waals surface area contributed by atoms with Crippen LogP contribution in [0.1, 0.15) is 36.0 Å². The lowest BCUT2D eigenvalue weighted by molar-refractivity contribution is -0.120. The molecular weight excluding hydrogens is 304 g/mol. The van der Waals surface area contributed by atoms with Crippen LogP contribution in [-0.2, 0) is 11.3 Å². The predicted octanol–water partition coefficient (Wildman–Crippen LogP) is 1.99. The second kappa shape index (κ2) is 10.2. The molecule has 0 aliphatic heterocycles. The first-order valence-corrected chi connectivity index (χ1v) is 8.31. The van der Waals surface area contributed by atoms with Crippen molar-refractivity contribution in [3.8, 4) is 0 Å². The first-order chi connectivity index (χ1) is 11.8. The maximum atomic E-state index is 11.8. The number of amides is 2. The van der Waals surface area contributed by atoms with Crippen molar-refractivity contribution in [1.82, 2.24) is 20.2 Å². The van der Waals surface area contributed by atoms with Crippen LogP contribution in [0.15, 0.2) is 49.1 Å². The maximum absolute atomic E-state index is 11.8. The minimum atomic E-state index is -0.231. The molecule has 0 saturated carbocycles. The molecule has 2 amide bonds. The van der Waals surface area contributed by atoms with E-state index < -0.39 is 0 Å². The van der Waals surface area contributed by atoms with Crippen molar-refractivity contribution in [2.24, 2.45) is 0 Å². The maximum Gasteiger partial charge on any atom is 0.251 e. The summed E-state index contributed by atoms with van der Waals surface area (Å²) in [5.74, 6) is -0.386. The van der Waals surface area contributed by atoms with Gasteiger partial charge in [-0.15, -0.1) is 0 Å². The lowest BCUT2D eigenvalue weighted by Gasteiger charge is -2.07. The molecule has 0 atom stereocenters. The summed E-state index contributed by atoms with van der Waals surface area (Å²) in [6, 6.07) is 8.87. The molecular formula is C18H24N4O2. The van der Waals surface area contributed by atoms with Crippen molar-refractivity contribution in [3.05, 3.63) is 54.6 Å². The average Bonchev–Trinajstić information content (AvgIpc) is 3.13. The number of hydrogen-bond acceptors (Lipinski definition) is 3. The summed E-state index contributed by atoms with van der Waals surface area (Å²) in [7, 11) is 0. The Kier molecular flexibility index (Phi) is 7.53. The van der Waals surface area contributed by atoms with Crippen LogP contribution in [0.4, 0.5) is 0 Å². The van der Waals surface area contributed by atoms with Crippen LogP contribution in [0.25, 0.3) is 0 Å². The van der Waals surface area contributed by atoms with Crippen molar-refractivity contribution < 1.29 is 9.59 Å². The van der Waals surface area contributed by atoms with Crippen LogP contribution >= 0.6 is 0 Å². The van der Waals surface area contributed by atoms with Gasteiger partial charge < -0.3 is 15.2 Å². The van der Waals surface area contributed by atoms with E-state index >= 15 is 0 Å². The molecule has 0 saturated heterocycles. The number of carbonyl (C=O) groups is 2. The van der Waals surface area contributed by atoms with Gasteiger partial charge in [-0.25, -0.2) is 4.98 Å². The van der Waals surface area contributed by atoms with E-state index in [2.05, 4.69) is 20.2 Å². The fourth-order valence-electron chi connectivity index (χ4n) is 2.33. The number of benzene rings is 1. The molecule has 0 aliphatic carbocycles. The number of nitrogens with zero attached hydrogens (tertiary/aromatic N) is 2. The van der Waals surface area contributed by atoms with E-state index in [0.29, 0.717) is 12.1 Å². The highest BCUT2D eigenvalue weighted by Gasteiger charge is 2.06. The summed E-state index contributed by atoms with van der Waals surface area (Å²) in [5, 5.41) is 5.44. The Morgan fingerprint density at radius 1 is 1.00 bits per heavy atom. The Morgan fingerprint density at radius 2 is 1.79 bits per heavy atom. The van der Waals surface area contributed by atoms with Crippen LogP contribution in [-0.4, -0.2) is 34.5 Å². The molecule has 1 aromatic heterocycles. The van der Waals surface area contributed by atoms with Crippen molar-refractivity contribution in [1.29, 1.82) is 0 Å². The highest BCUT2D eigenvalue weighted by atomic mass is 16.2. The third-order valence-electron chi connectivity index (χ3n) is 3.67. The van der Waals surface area contributed by atoms with Crippen LogP contribution < -0.4 is 10.6 Å². The largest absolute Gasteiger partial charge is 0.355 e. The van der Waals surface area contributed by atoms with Crippen molar-refractivity contribution in [2.45, 2.75) is 32.2 Å². The molecule has 0 aliphatic rings. The Hall–Kier alpha value is -2.63. The number of imidazole rings is 1. The quantitative estimate of drug-likeness (QED) is 0.655. The molecule has 128 valence electrons. The summed E-state index contributed by atoms with van der Waals surface area (Å²) in [4.78, 5) is 27.5. The number of nitrogens with one attached hydrogen (secondary N) is 2. The standard InChI is InChI=1S/C18H24N4O2/c23-17(14-21-18(24)16-8-4-3-5-9-16)20-10-6-1-2-7-12-22-13-11-19-15-22/h3-5,8-9,11,13,15H,1-2,6-7,10,12,14H2,(H,20,23)(H,21,24). The van der Waals surface area contributed by atoms with Gasteiger partial charge in [0.25, 0.3) is 5.91 Å². The van der Waals surface area contributed by atoms with Crippen LogP contribution in [0, 0.1) is 0 Å². The molecule has 1 aromatic carbocycles. The van der Waals surface area contributed by atoms with Gasteiger partial charge in [0.1, 0.15) is 0 Å². The molecule has 0 spiro atoms. The normalized spacial score (nSPS) is 10.3. The number of aromatic nitrogens is 2. The van der Waals surface area contributed by atoms with Gasteiger partial charge in [0.05, 0.1) is 12.9 Å². The van der Waals surface area contributed by atoms with Gasteiger partial charge in [-0.05, 0) is 25.0 Å². The van der Waals surface area contributed by atoms with E-state index in [1.165, 1.54) is 0 Å². The molecule has 0 radical (unpaired) electrons. The molecule has 0 unspecified atom stereocenters. The highest BCUT2D eigenvalue weighted by Crippen LogP contribution is 2.01. The smallest absolute Gasteiger partial charge is 0.251 e. The third-order valence-corrected chi connectivity index (χ3v) is 3.67. The predicted molar refractivity (Wildman–Crippen MR) is 92.5 cm³/mol. The monoisotopic (exact) mass is 328 g/mol. The summed E-state index contributed by atoms with van der Waals surface area (Å²) >= 11 is 0. The molecule has 2 rings (SSSR count). The minimum Gasteiger partial charge on any atom is -0.355 e. The van der Waals surface area contributed by atoms with Gasteiger partial charge in [-0.3, -0.25) is 9.59 Å². The summed E-state index contributed by atoms with van der Waals surface area (Å²) < 4.78 is 2.07. The summed E-state index contributed by atoms with van der Waals surface area (Å²) in [5.41, 5.74) is 0.559. The topological polar surface area (TPSA) is 76.0 Å². The number of aryl methyl sites for hydroxylation is 1. The second-order valence-electron chi connectivity index (χ2n) is 5.61. The number of carbonyl (C=O) groups excluding carboxylic acids is 2. The van der Waals surface area contributed by atoms with Crippen LogP contribution in [0.2, 0.25) is 0 Å². The third kappa shape index (κ3) is 6.64. The van der Waals surface area contributed by atoms with E-state index in [0.717, 1.165) is 32.2 Å². The Labute approximate surface area is 142 Å². The van der Waals surface area contributed by atoms with Gasteiger partial charge in [0.15, 0.2) is 0 Å². The van der Waals surface area contributed by atoms with Gasteiger partial charge in [-0.1, -0.05) is 31.0 Å². The second-order valence-corrected chi connectivity index (χ2v) is 5.61.